The number of ether oxygens (including phenoxy) is 1. The summed E-state index contributed by atoms with van der Waals surface area (Å²) in [5.41, 5.74) is 2.49. The lowest BCUT2D eigenvalue weighted by atomic mass is 10.1. The smallest absolute Gasteiger partial charge is 0.142 e. The van der Waals surface area contributed by atoms with Crippen LogP contribution >= 0.6 is 0 Å². The molecule has 1 aromatic carbocycles. The summed E-state index contributed by atoms with van der Waals surface area (Å²) in [4.78, 5) is 2.41. The molecule has 0 spiro atoms. The molecule has 17 heavy (non-hydrogen) atoms. The number of hydrogen-bond acceptors (Lipinski definition) is 3. The van der Waals surface area contributed by atoms with Crippen molar-refractivity contribution in [2.24, 2.45) is 0 Å². The van der Waals surface area contributed by atoms with Gasteiger partial charge in [-0.2, -0.15) is 0 Å². The quantitative estimate of drug-likeness (QED) is 0.849. The molecule has 1 aromatic rings. The van der Waals surface area contributed by atoms with Crippen LogP contribution in [0, 0.1) is 6.92 Å². The van der Waals surface area contributed by atoms with Gasteiger partial charge in [0.1, 0.15) is 5.75 Å². The SMILES string of the molecule is COc1ccc(C)cc1N1CC(C)NC(C)C1. The van der Waals surface area contributed by atoms with E-state index in [1.165, 1.54) is 11.3 Å². The molecule has 94 valence electrons. The zero-order chi connectivity index (χ0) is 12.4. The monoisotopic (exact) mass is 234 g/mol. The number of aryl methyl sites for hydroxylation is 1. The second kappa shape index (κ2) is 4.96. The Morgan fingerprint density at radius 1 is 1.24 bits per heavy atom. The van der Waals surface area contributed by atoms with E-state index in [2.05, 4.69) is 49.2 Å². The van der Waals surface area contributed by atoms with Gasteiger partial charge in [0.25, 0.3) is 0 Å². The average Bonchev–Trinajstić information content (AvgIpc) is 2.27. The number of methoxy groups -OCH3 is 1. The Hall–Kier alpha value is -1.22. The van der Waals surface area contributed by atoms with Crippen LogP contribution in [-0.2, 0) is 0 Å². The predicted molar refractivity (Wildman–Crippen MR) is 72.0 cm³/mol. The third-order valence-electron chi connectivity index (χ3n) is 3.23. The number of benzene rings is 1. The van der Waals surface area contributed by atoms with Gasteiger partial charge in [-0.1, -0.05) is 6.07 Å². The maximum Gasteiger partial charge on any atom is 0.142 e. The molecule has 1 aliphatic rings. The molecule has 1 fully saturated rings. The zero-order valence-corrected chi connectivity index (χ0v) is 11.2. The topological polar surface area (TPSA) is 24.5 Å². The standard InChI is InChI=1S/C14H22N2O/c1-10-5-6-14(17-4)13(7-10)16-8-11(2)15-12(3)9-16/h5-7,11-12,15H,8-9H2,1-4H3. The Kier molecular flexibility index (Phi) is 3.57. The lowest BCUT2D eigenvalue weighted by Gasteiger charge is -2.38. The summed E-state index contributed by atoms with van der Waals surface area (Å²) in [7, 11) is 1.74. The Bertz CT molecular complexity index is 382. The maximum absolute atomic E-state index is 5.46. The van der Waals surface area contributed by atoms with Crippen molar-refractivity contribution in [3.63, 3.8) is 0 Å². The molecular weight excluding hydrogens is 212 g/mol. The highest BCUT2D eigenvalue weighted by Gasteiger charge is 2.23. The summed E-state index contributed by atoms with van der Waals surface area (Å²) in [6, 6.07) is 7.40. The Morgan fingerprint density at radius 2 is 1.88 bits per heavy atom. The van der Waals surface area contributed by atoms with E-state index in [-0.39, 0.29) is 0 Å². The van der Waals surface area contributed by atoms with Gasteiger partial charge in [-0.05, 0) is 38.5 Å². The van der Waals surface area contributed by atoms with Crippen molar-refractivity contribution in [2.75, 3.05) is 25.1 Å². The number of nitrogens with zero attached hydrogens (tertiary/aromatic N) is 1. The van der Waals surface area contributed by atoms with Crippen molar-refractivity contribution in [3.05, 3.63) is 23.8 Å². The summed E-state index contributed by atoms with van der Waals surface area (Å²) in [5.74, 6) is 0.969. The molecule has 1 heterocycles. The van der Waals surface area contributed by atoms with Gasteiger partial charge < -0.3 is 15.0 Å². The molecule has 0 radical (unpaired) electrons. The number of rotatable bonds is 2. The molecule has 1 saturated heterocycles. The first-order chi connectivity index (χ1) is 8.10. The highest BCUT2D eigenvalue weighted by molar-refractivity contribution is 5.60. The van der Waals surface area contributed by atoms with Crippen molar-refractivity contribution in [1.29, 1.82) is 0 Å². The van der Waals surface area contributed by atoms with Crippen LogP contribution in [0.2, 0.25) is 0 Å². The summed E-state index contributed by atoms with van der Waals surface area (Å²) >= 11 is 0. The van der Waals surface area contributed by atoms with E-state index in [4.69, 9.17) is 4.74 Å². The van der Waals surface area contributed by atoms with Crippen LogP contribution in [0.25, 0.3) is 0 Å². The van der Waals surface area contributed by atoms with E-state index in [0.717, 1.165) is 18.8 Å². The van der Waals surface area contributed by atoms with Gasteiger partial charge in [0.05, 0.1) is 12.8 Å². The number of hydrogen-bond donors (Lipinski definition) is 1. The van der Waals surface area contributed by atoms with Crippen LogP contribution in [0.3, 0.4) is 0 Å². The number of piperazine rings is 1. The van der Waals surface area contributed by atoms with Crippen LogP contribution in [0.5, 0.6) is 5.75 Å². The molecule has 3 nitrogen and oxygen atoms in total. The van der Waals surface area contributed by atoms with Gasteiger partial charge in [-0.15, -0.1) is 0 Å². The molecule has 0 saturated carbocycles. The second-order valence-corrected chi connectivity index (χ2v) is 5.05. The van der Waals surface area contributed by atoms with Crippen LogP contribution in [0.15, 0.2) is 18.2 Å². The minimum atomic E-state index is 0.518. The highest BCUT2D eigenvalue weighted by Crippen LogP contribution is 2.30. The molecule has 2 atom stereocenters. The van der Waals surface area contributed by atoms with Crippen molar-refractivity contribution < 1.29 is 4.74 Å². The third kappa shape index (κ3) is 2.72. The molecule has 2 unspecified atom stereocenters. The van der Waals surface area contributed by atoms with E-state index >= 15 is 0 Å². The van der Waals surface area contributed by atoms with E-state index in [9.17, 15) is 0 Å². The van der Waals surface area contributed by atoms with Crippen LogP contribution in [0.1, 0.15) is 19.4 Å². The van der Waals surface area contributed by atoms with Crippen molar-refractivity contribution in [1.82, 2.24) is 5.32 Å². The summed E-state index contributed by atoms with van der Waals surface area (Å²) in [5, 5.41) is 3.55. The Labute approximate surface area is 104 Å². The molecular formula is C14H22N2O. The van der Waals surface area contributed by atoms with Gasteiger partial charge in [-0.3, -0.25) is 0 Å². The van der Waals surface area contributed by atoms with Gasteiger partial charge >= 0.3 is 0 Å². The molecule has 3 heteroatoms. The number of nitrogens with one attached hydrogen (secondary N) is 1. The highest BCUT2D eigenvalue weighted by atomic mass is 16.5. The average molecular weight is 234 g/mol. The van der Waals surface area contributed by atoms with Gasteiger partial charge in [0.15, 0.2) is 0 Å². The predicted octanol–water partition coefficient (Wildman–Crippen LogP) is 2.19. The first kappa shape index (κ1) is 12.2. The molecule has 0 aromatic heterocycles. The molecule has 0 bridgehead atoms. The molecule has 2 rings (SSSR count). The fourth-order valence-corrected chi connectivity index (χ4v) is 2.57. The first-order valence-electron chi connectivity index (χ1n) is 6.26. The lowest BCUT2D eigenvalue weighted by Crippen LogP contribution is -2.54. The van der Waals surface area contributed by atoms with E-state index in [1.807, 2.05) is 0 Å². The summed E-state index contributed by atoms with van der Waals surface area (Å²) in [6.45, 7) is 8.64. The fourth-order valence-electron chi connectivity index (χ4n) is 2.57. The summed E-state index contributed by atoms with van der Waals surface area (Å²) in [6.07, 6.45) is 0. The second-order valence-electron chi connectivity index (χ2n) is 5.05. The van der Waals surface area contributed by atoms with Crippen molar-refractivity contribution in [3.8, 4) is 5.75 Å². The van der Waals surface area contributed by atoms with Crippen LogP contribution < -0.4 is 15.0 Å². The zero-order valence-electron chi connectivity index (χ0n) is 11.2. The minimum absolute atomic E-state index is 0.518. The lowest BCUT2D eigenvalue weighted by molar-refractivity contribution is 0.391. The van der Waals surface area contributed by atoms with Crippen LogP contribution in [0.4, 0.5) is 5.69 Å². The molecule has 0 aliphatic carbocycles. The minimum Gasteiger partial charge on any atom is -0.495 e. The fraction of sp³-hybridized carbons (Fsp3) is 0.571. The number of anilines is 1. The molecule has 1 aliphatic heterocycles. The van der Waals surface area contributed by atoms with E-state index < -0.39 is 0 Å². The first-order valence-corrected chi connectivity index (χ1v) is 6.26. The summed E-state index contributed by atoms with van der Waals surface area (Å²) < 4.78 is 5.46. The maximum atomic E-state index is 5.46. The normalized spacial score (nSPS) is 24.8. The Balaban J connectivity index is 2.28. The molecule has 1 N–H and O–H groups in total. The van der Waals surface area contributed by atoms with E-state index in [1.54, 1.807) is 7.11 Å². The third-order valence-corrected chi connectivity index (χ3v) is 3.23. The van der Waals surface area contributed by atoms with Gasteiger partial charge in [-0.25, -0.2) is 0 Å². The van der Waals surface area contributed by atoms with E-state index in [0.29, 0.717) is 12.1 Å². The van der Waals surface area contributed by atoms with Gasteiger partial charge in [0.2, 0.25) is 0 Å². The van der Waals surface area contributed by atoms with Crippen LogP contribution in [-0.4, -0.2) is 32.3 Å². The largest absolute Gasteiger partial charge is 0.495 e. The molecule has 0 amide bonds. The Morgan fingerprint density at radius 3 is 2.47 bits per heavy atom. The van der Waals surface area contributed by atoms with Crippen molar-refractivity contribution in [2.45, 2.75) is 32.9 Å². The van der Waals surface area contributed by atoms with Crippen molar-refractivity contribution >= 4 is 5.69 Å². The van der Waals surface area contributed by atoms with Gasteiger partial charge in [0, 0.05) is 25.2 Å².